The van der Waals surface area contributed by atoms with Crippen LogP contribution in [0.3, 0.4) is 0 Å². The van der Waals surface area contributed by atoms with Crippen LogP contribution in [0.25, 0.3) is 22.0 Å². The lowest BCUT2D eigenvalue weighted by atomic mass is 9.82. The van der Waals surface area contributed by atoms with Gasteiger partial charge in [-0.2, -0.15) is 0 Å². The number of rotatable bonds is 1. The van der Waals surface area contributed by atoms with Gasteiger partial charge >= 0.3 is 12.1 Å². The Bertz CT molecular complexity index is 1260. The molecule has 1 aromatic heterocycles. The number of piperidine rings is 1. The second-order valence-corrected chi connectivity index (χ2v) is 10.3. The number of carbonyl (C=O) groups is 2. The largest absolute Gasteiger partial charge is 0.487 e. The molecule has 0 radical (unpaired) electrons. The summed E-state index contributed by atoms with van der Waals surface area (Å²) in [7, 11) is 0. The Labute approximate surface area is 199 Å². The van der Waals surface area contributed by atoms with Gasteiger partial charge in [-0.25, -0.2) is 9.59 Å². The Kier molecular flexibility index (Phi) is 5.30. The molecule has 0 bridgehead atoms. The molecule has 7 heteroatoms. The van der Waals surface area contributed by atoms with E-state index in [1.165, 1.54) is 0 Å². The summed E-state index contributed by atoms with van der Waals surface area (Å²) in [4.78, 5) is 26.0. The number of hydrogen-bond donors (Lipinski definition) is 1. The SMILES string of the molecule is CC(C)(C)OC(=O)n1cc(-c2ccc3c(c2)CCC2(CCN(C(N)=O)CC2)O3)c2ccccc21. The summed E-state index contributed by atoms with van der Waals surface area (Å²) in [6, 6.07) is 13.8. The van der Waals surface area contributed by atoms with E-state index in [1.54, 1.807) is 9.47 Å². The fourth-order valence-corrected chi connectivity index (χ4v) is 5.05. The highest BCUT2D eigenvalue weighted by atomic mass is 16.6. The minimum absolute atomic E-state index is 0.229. The molecular weight excluding hydrogens is 430 g/mol. The topological polar surface area (TPSA) is 86.8 Å². The van der Waals surface area contributed by atoms with Gasteiger partial charge in [0.2, 0.25) is 0 Å². The highest BCUT2D eigenvalue weighted by molar-refractivity contribution is 6.00. The van der Waals surface area contributed by atoms with Gasteiger partial charge in [-0.15, -0.1) is 0 Å². The van der Waals surface area contributed by atoms with Crippen LogP contribution in [-0.4, -0.2) is 45.9 Å². The lowest BCUT2D eigenvalue weighted by Gasteiger charge is -2.44. The molecule has 0 saturated carbocycles. The monoisotopic (exact) mass is 461 g/mol. The molecule has 5 rings (SSSR count). The number of urea groups is 1. The number of nitrogens with two attached hydrogens (primary N) is 1. The van der Waals surface area contributed by atoms with Crippen LogP contribution in [0.5, 0.6) is 5.75 Å². The fraction of sp³-hybridized carbons (Fsp3) is 0.407. The summed E-state index contributed by atoms with van der Waals surface area (Å²) in [6.07, 6.45) is 4.88. The zero-order chi connectivity index (χ0) is 24.1. The fourth-order valence-electron chi connectivity index (χ4n) is 5.05. The van der Waals surface area contributed by atoms with E-state index in [4.69, 9.17) is 15.2 Å². The number of hydrogen-bond acceptors (Lipinski definition) is 4. The normalized spacial score (nSPS) is 17.3. The van der Waals surface area contributed by atoms with E-state index < -0.39 is 5.60 Å². The van der Waals surface area contributed by atoms with Crippen molar-refractivity contribution in [2.75, 3.05) is 13.1 Å². The molecule has 3 heterocycles. The molecular formula is C27H31N3O4. The maximum absolute atomic E-state index is 12.9. The molecule has 2 amide bonds. The number of amides is 2. The predicted octanol–water partition coefficient (Wildman–Crippen LogP) is 5.33. The van der Waals surface area contributed by atoms with E-state index in [9.17, 15) is 9.59 Å². The van der Waals surface area contributed by atoms with Crippen molar-refractivity contribution in [1.82, 2.24) is 9.47 Å². The zero-order valence-electron chi connectivity index (χ0n) is 20.0. The minimum Gasteiger partial charge on any atom is -0.487 e. The van der Waals surface area contributed by atoms with Crippen molar-refractivity contribution in [2.45, 2.75) is 57.7 Å². The molecule has 178 valence electrons. The molecule has 0 aliphatic carbocycles. The van der Waals surface area contributed by atoms with E-state index >= 15 is 0 Å². The van der Waals surface area contributed by atoms with Crippen molar-refractivity contribution in [3.63, 3.8) is 0 Å². The third-order valence-corrected chi connectivity index (χ3v) is 6.84. The lowest BCUT2D eigenvalue weighted by Crippen LogP contribution is -2.52. The van der Waals surface area contributed by atoms with Crippen molar-refractivity contribution in [2.24, 2.45) is 5.73 Å². The van der Waals surface area contributed by atoms with E-state index in [0.29, 0.717) is 13.1 Å². The number of para-hydroxylation sites is 1. The van der Waals surface area contributed by atoms with Crippen molar-refractivity contribution in [1.29, 1.82) is 0 Å². The standard InChI is InChI=1S/C27H31N3O4/c1-26(2,3)34-25(32)30-17-21(20-6-4-5-7-22(20)30)18-8-9-23-19(16-18)10-11-27(33-23)12-14-29(15-13-27)24(28)31/h4-9,16-17H,10-15H2,1-3H3,(H2,28,31). The number of nitrogens with zero attached hydrogens (tertiary/aromatic N) is 2. The third-order valence-electron chi connectivity index (χ3n) is 6.84. The molecule has 0 atom stereocenters. The average molecular weight is 462 g/mol. The van der Waals surface area contributed by atoms with Gasteiger partial charge in [-0.1, -0.05) is 24.3 Å². The van der Waals surface area contributed by atoms with Crippen LogP contribution in [0.15, 0.2) is 48.7 Å². The maximum Gasteiger partial charge on any atom is 0.419 e. The zero-order valence-corrected chi connectivity index (χ0v) is 20.0. The smallest absolute Gasteiger partial charge is 0.419 e. The second kappa shape index (κ2) is 8.08. The van der Waals surface area contributed by atoms with Crippen molar-refractivity contribution < 1.29 is 19.1 Å². The first-order valence-electron chi connectivity index (χ1n) is 11.8. The van der Waals surface area contributed by atoms with Gasteiger partial charge in [0, 0.05) is 43.1 Å². The Hall–Kier alpha value is -3.48. The molecule has 34 heavy (non-hydrogen) atoms. The van der Waals surface area contributed by atoms with Gasteiger partial charge in [0.15, 0.2) is 0 Å². The molecule has 2 aliphatic rings. The van der Waals surface area contributed by atoms with Crippen molar-refractivity contribution >= 4 is 23.0 Å². The van der Waals surface area contributed by atoms with Crippen molar-refractivity contribution in [3.8, 4) is 16.9 Å². The van der Waals surface area contributed by atoms with Gasteiger partial charge in [0.1, 0.15) is 17.0 Å². The van der Waals surface area contributed by atoms with Crippen LogP contribution in [0, 0.1) is 0 Å². The molecule has 1 fully saturated rings. The Morgan fingerprint density at radius 1 is 1.06 bits per heavy atom. The Morgan fingerprint density at radius 3 is 2.50 bits per heavy atom. The summed E-state index contributed by atoms with van der Waals surface area (Å²) in [6.45, 7) is 6.86. The summed E-state index contributed by atoms with van der Waals surface area (Å²) in [5.41, 5.74) is 8.65. The number of fused-ring (bicyclic) bond motifs is 2. The number of aryl methyl sites for hydroxylation is 1. The summed E-state index contributed by atoms with van der Waals surface area (Å²) < 4.78 is 13.7. The number of likely N-dealkylation sites (tertiary alicyclic amines) is 1. The number of aromatic nitrogens is 1. The van der Waals surface area contributed by atoms with Gasteiger partial charge in [0.05, 0.1) is 5.52 Å². The first-order chi connectivity index (χ1) is 16.1. The maximum atomic E-state index is 12.9. The summed E-state index contributed by atoms with van der Waals surface area (Å²) >= 11 is 0. The van der Waals surface area contributed by atoms with Gasteiger partial charge < -0.3 is 20.1 Å². The molecule has 3 aromatic rings. The highest BCUT2D eigenvalue weighted by Gasteiger charge is 2.40. The highest BCUT2D eigenvalue weighted by Crippen LogP contribution is 2.41. The van der Waals surface area contributed by atoms with E-state index in [-0.39, 0.29) is 17.7 Å². The lowest BCUT2D eigenvalue weighted by molar-refractivity contribution is -0.00472. The quantitative estimate of drug-likeness (QED) is 0.531. The van der Waals surface area contributed by atoms with Gasteiger partial charge in [-0.3, -0.25) is 4.57 Å². The first-order valence-corrected chi connectivity index (χ1v) is 11.8. The van der Waals surface area contributed by atoms with E-state index in [1.807, 2.05) is 57.3 Å². The third kappa shape index (κ3) is 4.11. The molecule has 1 saturated heterocycles. The van der Waals surface area contributed by atoms with Crippen LogP contribution in [0.2, 0.25) is 0 Å². The second-order valence-electron chi connectivity index (χ2n) is 10.3. The number of ether oxygens (including phenoxy) is 2. The molecule has 0 unspecified atom stereocenters. The van der Waals surface area contributed by atoms with Crippen LogP contribution >= 0.6 is 0 Å². The summed E-state index contributed by atoms with van der Waals surface area (Å²) in [5.74, 6) is 0.901. The number of carbonyl (C=O) groups excluding carboxylic acids is 2. The van der Waals surface area contributed by atoms with Crippen LogP contribution in [-0.2, 0) is 11.2 Å². The average Bonchev–Trinajstić information content (AvgIpc) is 3.18. The molecule has 2 aliphatic heterocycles. The van der Waals surface area contributed by atoms with Crippen LogP contribution in [0.4, 0.5) is 9.59 Å². The molecule has 1 spiro atoms. The van der Waals surface area contributed by atoms with Crippen LogP contribution < -0.4 is 10.5 Å². The number of primary amides is 1. The van der Waals surface area contributed by atoms with E-state index in [0.717, 1.165) is 59.0 Å². The van der Waals surface area contributed by atoms with Gasteiger partial charge in [0.25, 0.3) is 0 Å². The molecule has 2 aromatic carbocycles. The first kappa shape index (κ1) is 22.3. The Morgan fingerprint density at radius 2 is 1.79 bits per heavy atom. The van der Waals surface area contributed by atoms with Gasteiger partial charge in [-0.05, 0) is 62.9 Å². The molecule has 2 N–H and O–H groups in total. The molecule has 7 nitrogen and oxygen atoms in total. The Balaban J connectivity index is 1.44. The van der Waals surface area contributed by atoms with E-state index in [2.05, 4.69) is 12.1 Å². The number of benzene rings is 2. The van der Waals surface area contributed by atoms with Crippen LogP contribution in [0.1, 0.15) is 45.6 Å². The minimum atomic E-state index is -0.574. The predicted molar refractivity (Wildman–Crippen MR) is 131 cm³/mol. The summed E-state index contributed by atoms with van der Waals surface area (Å²) in [5, 5.41) is 1.00. The van der Waals surface area contributed by atoms with Crippen molar-refractivity contribution in [3.05, 3.63) is 54.2 Å².